The summed E-state index contributed by atoms with van der Waals surface area (Å²) in [7, 11) is 1.91. The van der Waals surface area contributed by atoms with Crippen molar-refractivity contribution >= 4 is 16.7 Å². The average Bonchev–Trinajstić information content (AvgIpc) is 3.09. The Hall–Kier alpha value is -2.46. The molecule has 0 N–H and O–H groups in total. The van der Waals surface area contributed by atoms with Gasteiger partial charge >= 0.3 is 0 Å². The van der Waals surface area contributed by atoms with Crippen LogP contribution >= 0.6 is 0 Å². The number of ketones is 1. The van der Waals surface area contributed by atoms with Gasteiger partial charge in [0.25, 0.3) is 0 Å². The van der Waals surface area contributed by atoms with Crippen molar-refractivity contribution in [2.24, 2.45) is 13.0 Å². The highest BCUT2D eigenvalue weighted by molar-refractivity contribution is 6.05. The zero-order valence-electron chi connectivity index (χ0n) is 16.7. The molecule has 28 heavy (non-hydrogen) atoms. The van der Waals surface area contributed by atoms with Crippen LogP contribution in [0.25, 0.3) is 10.9 Å². The highest BCUT2D eigenvalue weighted by atomic mass is 16.1. The van der Waals surface area contributed by atoms with Gasteiger partial charge in [0.1, 0.15) is 5.69 Å². The maximum Gasteiger partial charge on any atom is 0.183 e. The molecule has 4 rings (SSSR count). The van der Waals surface area contributed by atoms with Gasteiger partial charge in [-0.25, -0.2) is 0 Å². The third-order valence-corrected chi connectivity index (χ3v) is 6.07. The Bertz CT molecular complexity index is 923. The third-order valence-electron chi connectivity index (χ3n) is 6.07. The lowest BCUT2D eigenvalue weighted by molar-refractivity contribution is 0.0958. The molecule has 1 saturated heterocycles. The fraction of sp³-hybridized carbons (Fsp3) is 0.417. The van der Waals surface area contributed by atoms with E-state index >= 15 is 0 Å². The Morgan fingerprint density at radius 1 is 1.04 bits per heavy atom. The van der Waals surface area contributed by atoms with Gasteiger partial charge in [-0.1, -0.05) is 48.5 Å². The summed E-state index contributed by atoms with van der Waals surface area (Å²) in [5.41, 5.74) is 3.08. The van der Waals surface area contributed by atoms with E-state index in [1.54, 1.807) is 0 Å². The van der Waals surface area contributed by atoms with E-state index < -0.39 is 0 Å². The SMILES string of the molecule is Cn1nc(C(=O)CCC2CCN(CCc3ccccc3)CC2)c2ccccc21. The predicted molar refractivity (Wildman–Crippen MR) is 114 cm³/mol. The van der Waals surface area contributed by atoms with Crippen molar-refractivity contribution in [1.29, 1.82) is 0 Å². The minimum absolute atomic E-state index is 0.184. The number of rotatable bonds is 7. The van der Waals surface area contributed by atoms with Crippen LogP contribution in [0.5, 0.6) is 0 Å². The summed E-state index contributed by atoms with van der Waals surface area (Å²) in [4.78, 5) is 15.3. The Labute approximate surface area is 167 Å². The number of fused-ring (bicyclic) bond motifs is 1. The number of likely N-dealkylation sites (tertiary alicyclic amines) is 1. The quantitative estimate of drug-likeness (QED) is 0.571. The summed E-state index contributed by atoms with van der Waals surface area (Å²) in [6, 6.07) is 18.7. The summed E-state index contributed by atoms with van der Waals surface area (Å²) < 4.78 is 1.81. The van der Waals surface area contributed by atoms with Gasteiger partial charge in [-0.3, -0.25) is 9.48 Å². The Morgan fingerprint density at radius 3 is 2.54 bits per heavy atom. The van der Waals surface area contributed by atoms with E-state index in [4.69, 9.17) is 0 Å². The van der Waals surface area contributed by atoms with E-state index in [2.05, 4.69) is 40.3 Å². The van der Waals surface area contributed by atoms with Crippen molar-refractivity contribution in [1.82, 2.24) is 14.7 Å². The van der Waals surface area contributed by atoms with Crippen LogP contribution in [-0.4, -0.2) is 40.1 Å². The molecule has 0 saturated carbocycles. The zero-order chi connectivity index (χ0) is 19.3. The van der Waals surface area contributed by atoms with Crippen molar-refractivity contribution in [2.75, 3.05) is 19.6 Å². The number of carbonyl (C=O) groups is 1. The third kappa shape index (κ3) is 4.33. The van der Waals surface area contributed by atoms with Crippen LogP contribution in [0.4, 0.5) is 0 Å². The first kappa shape index (κ1) is 18.9. The molecule has 4 heteroatoms. The van der Waals surface area contributed by atoms with Gasteiger partial charge in [-0.2, -0.15) is 5.10 Å². The van der Waals surface area contributed by atoms with Gasteiger partial charge in [0.2, 0.25) is 0 Å². The molecule has 2 aromatic carbocycles. The summed E-state index contributed by atoms with van der Waals surface area (Å²) in [6.45, 7) is 3.44. The van der Waals surface area contributed by atoms with E-state index in [1.165, 1.54) is 18.4 Å². The standard InChI is InChI=1S/C24H29N3O/c1-26-22-10-6-5-9-21(22)24(25-26)23(28)12-11-20-14-17-27(18-15-20)16-13-19-7-3-2-4-8-19/h2-10,20H,11-18H2,1H3. The smallest absolute Gasteiger partial charge is 0.183 e. The van der Waals surface area contributed by atoms with Crippen molar-refractivity contribution < 1.29 is 4.79 Å². The first-order valence-corrected chi connectivity index (χ1v) is 10.4. The second-order valence-corrected chi connectivity index (χ2v) is 7.97. The number of Topliss-reactive ketones (excluding diaryl/α,β-unsaturated/α-hetero) is 1. The van der Waals surface area contributed by atoms with Crippen molar-refractivity contribution in [3.63, 3.8) is 0 Å². The molecule has 1 fully saturated rings. The van der Waals surface area contributed by atoms with Crippen LogP contribution in [0.3, 0.4) is 0 Å². The van der Waals surface area contributed by atoms with Gasteiger partial charge in [0, 0.05) is 25.4 Å². The molecular formula is C24H29N3O. The maximum absolute atomic E-state index is 12.8. The molecule has 0 radical (unpaired) electrons. The largest absolute Gasteiger partial charge is 0.303 e. The number of hydrogen-bond donors (Lipinski definition) is 0. The van der Waals surface area contributed by atoms with Crippen molar-refractivity contribution in [2.45, 2.75) is 32.1 Å². The fourth-order valence-electron chi connectivity index (χ4n) is 4.30. The number of carbonyl (C=O) groups excluding carboxylic acids is 1. The topological polar surface area (TPSA) is 38.1 Å². The zero-order valence-corrected chi connectivity index (χ0v) is 16.7. The van der Waals surface area contributed by atoms with E-state index in [-0.39, 0.29) is 5.78 Å². The number of aromatic nitrogens is 2. The van der Waals surface area contributed by atoms with Gasteiger partial charge in [-0.05, 0) is 56.3 Å². The van der Waals surface area contributed by atoms with E-state index in [0.29, 0.717) is 18.0 Å². The highest BCUT2D eigenvalue weighted by Crippen LogP contribution is 2.25. The van der Waals surface area contributed by atoms with Crippen molar-refractivity contribution in [3.05, 3.63) is 65.9 Å². The van der Waals surface area contributed by atoms with Crippen LogP contribution < -0.4 is 0 Å². The average molecular weight is 376 g/mol. The number of piperidine rings is 1. The van der Waals surface area contributed by atoms with Crippen LogP contribution in [0, 0.1) is 5.92 Å². The van der Waals surface area contributed by atoms with Crippen LogP contribution in [0.1, 0.15) is 41.7 Å². The lowest BCUT2D eigenvalue weighted by Crippen LogP contribution is -2.35. The van der Waals surface area contributed by atoms with E-state index in [1.807, 2.05) is 36.0 Å². The van der Waals surface area contributed by atoms with E-state index in [9.17, 15) is 4.79 Å². The number of aryl methyl sites for hydroxylation is 1. The number of hydrogen-bond acceptors (Lipinski definition) is 3. The van der Waals surface area contributed by atoms with Gasteiger partial charge in [0.05, 0.1) is 5.52 Å². The van der Waals surface area contributed by atoms with Gasteiger partial charge in [-0.15, -0.1) is 0 Å². The number of nitrogens with zero attached hydrogens (tertiary/aromatic N) is 3. The Kier molecular flexibility index (Phi) is 5.87. The second-order valence-electron chi connectivity index (χ2n) is 7.97. The van der Waals surface area contributed by atoms with Crippen LogP contribution in [0.2, 0.25) is 0 Å². The Balaban J connectivity index is 1.24. The lowest BCUT2D eigenvalue weighted by Gasteiger charge is -2.31. The molecule has 1 aliphatic heterocycles. The maximum atomic E-state index is 12.8. The van der Waals surface area contributed by atoms with Crippen LogP contribution in [0.15, 0.2) is 54.6 Å². The Morgan fingerprint density at radius 2 is 1.75 bits per heavy atom. The molecule has 1 aliphatic rings. The summed E-state index contributed by atoms with van der Waals surface area (Å²) in [6.07, 6.45) is 5.11. The molecule has 0 atom stereocenters. The van der Waals surface area contributed by atoms with Gasteiger partial charge in [0.15, 0.2) is 5.78 Å². The minimum atomic E-state index is 0.184. The molecule has 0 unspecified atom stereocenters. The molecule has 0 spiro atoms. The van der Waals surface area contributed by atoms with Crippen LogP contribution in [-0.2, 0) is 13.5 Å². The monoisotopic (exact) mass is 375 g/mol. The highest BCUT2D eigenvalue weighted by Gasteiger charge is 2.21. The second kappa shape index (κ2) is 8.70. The molecule has 0 amide bonds. The number of benzene rings is 2. The molecular weight excluding hydrogens is 346 g/mol. The summed E-state index contributed by atoms with van der Waals surface area (Å²) >= 11 is 0. The minimum Gasteiger partial charge on any atom is -0.303 e. The molecule has 0 aliphatic carbocycles. The molecule has 2 heterocycles. The molecule has 3 aromatic rings. The van der Waals surface area contributed by atoms with E-state index in [0.717, 1.165) is 43.4 Å². The molecule has 146 valence electrons. The van der Waals surface area contributed by atoms with Crippen molar-refractivity contribution in [3.8, 4) is 0 Å². The summed E-state index contributed by atoms with van der Waals surface area (Å²) in [5, 5.41) is 5.46. The van der Waals surface area contributed by atoms with Gasteiger partial charge < -0.3 is 4.90 Å². The first-order chi connectivity index (χ1) is 13.7. The molecule has 4 nitrogen and oxygen atoms in total. The fourth-order valence-corrected chi connectivity index (χ4v) is 4.30. The molecule has 0 bridgehead atoms. The normalized spacial score (nSPS) is 15.9. The summed E-state index contributed by atoms with van der Waals surface area (Å²) in [5.74, 6) is 0.843. The molecule has 1 aromatic heterocycles. The predicted octanol–water partition coefficient (Wildman–Crippen LogP) is 4.49. The number of para-hydroxylation sites is 1. The first-order valence-electron chi connectivity index (χ1n) is 10.4. The lowest BCUT2D eigenvalue weighted by atomic mass is 9.90.